The Kier molecular flexibility index (Phi) is 3.96. The van der Waals surface area contributed by atoms with Gasteiger partial charge in [-0.3, -0.25) is 9.48 Å². The van der Waals surface area contributed by atoms with Gasteiger partial charge in [0.05, 0.1) is 12.1 Å². The molecule has 0 spiro atoms. The first kappa shape index (κ1) is 16.0. The van der Waals surface area contributed by atoms with Gasteiger partial charge in [0.2, 0.25) is 0 Å². The van der Waals surface area contributed by atoms with Gasteiger partial charge in [0.15, 0.2) is 5.69 Å². The molecule has 1 aliphatic rings. The predicted molar refractivity (Wildman–Crippen MR) is 87.1 cm³/mol. The van der Waals surface area contributed by atoms with Crippen molar-refractivity contribution >= 4 is 17.6 Å². The Bertz CT molecular complexity index is 817. The van der Waals surface area contributed by atoms with Crippen LogP contribution in [-0.4, -0.2) is 28.3 Å². The molecule has 1 atom stereocenters. The van der Waals surface area contributed by atoms with Crippen LogP contribution in [0.4, 0.5) is 10.1 Å². The molecule has 0 saturated carbocycles. The summed E-state index contributed by atoms with van der Waals surface area (Å²) in [5.41, 5.74) is 5.88. The number of benzene rings is 1. The summed E-state index contributed by atoms with van der Waals surface area (Å²) in [4.78, 5) is 16.4. The maximum atomic E-state index is 14.3. The number of nitrogens with two attached hydrogens (primary N) is 1. The number of aryl methyl sites for hydroxylation is 1. The van der Waals surface area contributed by atoms with E-state index in [1.165, 1.54) is 16.8 Å². The first-order valence-corrected chi connectivity index (χ1v) is 7.46. The van der Waals surface area contributed by atoms with E-state index in [-0.39, 0.29) is 17.6 Å². The quantitative estimate of drug-likeness (QED) is 0.896. The average molecular weight is 331 g/mol. The highest BCUT2D eigenvalue weighted by Gasteiger charge is 2.33. The van der Waals surface area contributed by atoms with Crippen molar-refractivity contribution in [3.8, 4) is 0 Å². The van der Waals surface area contributed by atoms with Gasteiger partial charge in [-0.2, -0.15) is 5.10 Å². The second-order valence-electron chi connectivity index (χ2n) is 5.85. The Morgan fingerprint density at radius 1 is 1.46 bits per heavy atom. The fourth-order valence-electron chi connectivity index (χ4n) is 2.63. The molecule has 126 valence electrons. The van der Waals surface area contributed by atoms with Gasteiger partial charge < -0.3 is 15.8 Å². The van der Waals surface area contributed by atoms with Crippen LogP contribution in [0.3, 0.4) is 0 Å². The molecule has 0 fully saturated rings. The van der Waals surface area contributed by atoms with E-state index in [4.69, 9.17) is 10.5 Å². The molecule has 2 heterocycles. The first-order valence-electron chi connectivity index (χ1n) is 7.46. The SMILES string of the molecule is Cn1ccc(C(=O)Nc2ccc(F)c([C@]3(C)CCOC(N)=N3)c2)n1. The number of aromatic nitrogens is 2. The van der Waals surface area contributed by atoms with Gasteiger partial charge in [-0.25, -0.2) is 9.38 Å². The standard InChI is InChI=1S/C16H18FN5O2/c1-16(6-8-24-15(18)20-16)11-9-10(3-4-12(11)17)19-14(23)13-5-7-22(2)21-13/h3-5,7,9H,6,8H2,1-2H3,(H2,18,20)(H,19,23)/t16-/m0/s1. The number of ether oxygens (including phenoxy) is 1. The molecule has 1 amide bonds. The highest BCUT2D eigenvalue weighted by Crippen LogP contribution is 2.35. The number of rotatable bonds is 3. The molecule has 1 aliphatic heterocycles. The second-order valence-corrected chi connectivity index (χ2v) is 5.85. The van der Waals surface area contributed by atoms with E-state index < -0.39 is 11.4 Å². The van der Waals surface area contributed by atoms with Gasteiger partial charge >= 0.3 is 0 Å². The van der Waals surface area contributed by atoms with E-state index in [9.17, 15) is 9.18 Å². The Hall–Kier alpha value is -2.90. The Balaban J connectivity index is 1.89. The first-order chi connectivity index (χ1) is 11.4. The van der Waals surface area contributed by atoms with E-state index >= 15 is 0 Å². The van der Waals surface area contributed by atoms with E-state index in [1.807, 2.05) is 0 Å². The number of amides is 1. The molecule has 0 saturated heterocycles. The average Bonchev–Trinajstić information content (AvgIpc) is 2.95. The number of anilines is 1. The van der Waals surface area contributed by atoms with Crippen LogP contribution in [0.15, 0.2) is 35.5 Å². The molecule has 24 heavy (non-hydrogen) atoms. The third-order valence-corrected chi connectivity index (χ3v) is 3.95. The largest absolute Gasteiger partial charge is 0.465 e. The summed E-state index contributed by atoms with van der Waals surface area (Å²) < 4.78 is 21.0. The van der Waals surface area contributed by atoms with Gasteiger partial charge in [-0.05, 0) is 31.2 Å². The van der Waals surface area contributed by atoms with Crippen LogP contribution in [0.1, 0.15) is 29.4 Å². The van der Waals surface area contributed by atoms with Gasteiger partial charge in [-0.1, -0.05) is 0 Å². The summed E-state index contributed by atoms with van der Waals surface area (Å²) >= 11 is 0. The molecule has 1 aromatic carbocycles. The Morgan fingerprint density at radius 3 is 2.92 bits per heavy atom. The van der Waals surface area contributed by atoms with Gasteiger partial charge in [0.1, 0.15) is 5.82 Å². The molecule has 8 heteroatoms. The lowest BCUT2D eigenvalue weighted by molar-refractivity contribution is 0.102. The van der Waals surface area contributed by atoms with E-state index in [0.29, 0.717) is 24.3 Å². The predicted octanol–water partition coefficient (Wildman–Crippen LogP) is 1.76. The summed E-state index contributed by atoms with van der Waals surface area (Å²) in [5.74, 6) is -0.778. The summed E-state index contributed by atoms with van der Waals surface area (Å²) in [6.45, 7) is 2.14. The number of carbonyl (C=O) groups excluding carboxylic acids is 1. The fourth-order valence-corrected chi connectivity index (χ4v) is 2.63. The number of halogens is 1. The monoisotopic (exact) mass is 331 g/mol. The molecule has 7 nitrogen and oxygen atoms in total. The topological polar surface area (TPSA) is 94.5 Å². The van der Waals surface area contributed by atoms with Crippen LogP contribution < -0.4 is 11.1 Å². The lowest BCUT2D eigenvalue weighted by Gasteiger charge is -2.30. The van der Waals surface area contributed by atoms with Crippen molar-refractivity contribution in [1.29, 1.82) is 0 Å². The number of nitrogens with zero attached hydrogens (tertiary/aromatic N) is 3. The molecule has 3 rings (SSSR count). The van der Waals surface area contributed by atoms with Gasteiger partial charge in [0, 0.05) is 30.9 Å². The highest BCUT2D eigenvalue weighted by molar-refractivity contribution is 6.02. The minimum atomic E-state index is -0.835. The van der Waals surface area contributed by atoms with Crippen molar-refractivity contribution in [3.05, 3.63) is 47.5 Å². The van der Waals surface area contributed by atoms with Crippen LogP contribution in [0.25, 0.3) is 0 Å². The van der Waals surface area contributed by atoms with E-state index in [1.54, 1.807) is 32.3 Å². The van der Waals surface area contributed by atoms with E-state index in [0.717, 1.165) is 0 Å². The van der Waals surface area contributed by atoms with Crippen LogP contribution >= 0.6 is 0 Å². The Morgan fingerprint density at radius 2 is 2.25 bits per heavy atom. The lowest BCUT2D eigenvalue weighted by Crippen LogP contribution is -2.34. The molecular formula is C16H18FN5O2. The maximum Gasteiger partial charge on any atom is 0.282 e. The highest BCUT2D eigenvalue weighted by atomic mass is 19.1. The molecule has 2 aromatic rings. The zero-order valence-electron chi connectivity index (χ0n) is 13.4. The fraction of sp³-hybridized carbons (Fsp3) is 0.312. The van der Waals surface area contributed by atoms with Crippen LogP contribution in [0.5, 0.6) is 0 Å². The number of aliphatic imine (C=N–C) groups is 1. The Labute approximate surface area is 138 Å². The van der Waals surface area contributed by atoms with Crippen molar-refractivity contribution < 1.29 is 13.9 Å². The number of hydrogen-bond acceptors (Lipinski definition) is 5. The summed E-state index contributed by atoms with van der Waals surface area (Å²) in [7, 11) is 1.72. The summed E-state index contributed by atoms with van der Waals surface area (Å²) in [6, 6.07) is 6.00. The van der Waals surface area contributed by atoms with Crippen LogP contribution in [0, 0.1) is 5.82 Å². The van der Waals surface area contributed by atoms with Crippen LogP contribution in [-0.2, 0) is 17.3 Å². The second kappa shape index (κ2) is 5.95. The van der Waals surface area contributed by atoms with Crippen molar-refractivity contribution in [3.63, 3.8) is 0 Å². The van der Waals surface area contributed by atoms with Gasteiger partial charge in [-0.15, -0.1) is 0 Å². The van der Waals surface area contributed by atoms with Crippen molar-refractivity contribution in [1.82, 2.24) is 9.78 Å². The normalized spacial score (nSPS) is 20.2. The molecule has 3 N–H and O–H groups in total. The number of hydrogen-bond donors (Lipinski definition) is 2. The lowest BCUT2D eigenvalue weighted by atomic mass is 9.88. The molecule has 0 unspecified atom stereocenters. The van der Waals surface area contributed by atoms with Crippen LogP contribution in [0.2, 0.25) is 0 Å². The minimum absolute atomic E-state index is 0.0334. The zero-order valence-corrected chi connectivity index (χ0v) is 13.4. The number of amidine groups is 1. The zero-order chi connectivity index (χ0) is 17.3. The third-order valence-electron chi connectivity index (χ3n) is 3.95. The molecule has 0 radical (unpaired) electrons. The minimum Gasteiger partial charge on any atom is -0.465 e. The molecular weight excluding hydrogens is 313 g/mol. The third kappa shape index (κ3) is 3.08. The molecule has 1 aromatic heterocycles. The maximum absolute atomic E-state index is 14.3. The van der Waals surface area contributed by atoms with E-state index in [2.05, 4.69) is 15.4 Å². The molecule has 0 aliphatic carbocycles. The molecule has 0 bridgehead atoms. The van der Waals surface area contributed by atoms with Crippen molar-refractivity contribution in [2.24, 2.45) is 17.8 Å². The van der Waals surface area contributed by atoms with Crippen molar-refractivity contribution in [2.45, 2.75) is 18.9 Å². The number of carbonyl (C=O) groups is 1. The summed E-state index contributed by atoms with van der Waals surface area (Å²) in [6.07, 6.45) is 2.16. The summed E-state index contributed by atoms with van der Waals surface area (Å²) in [5, 5.41) is 6.75. The smallest absolute Gasteiger partial charge is 0.282 e. The van der Waals surface area contributed by atoms with Crippen molar-refractivity contribution in [2.75, 3.05) is 11.9 Å². The van der Waals surface area contributed by atoms with Gasteiger partial charge in [0.25, 0.3) is 11.9 Å². The number of nitrogens with one attached hydrogen (secondary N) is 1.